The van der Waals surface area contributed by atoms with E-state index in [1.165, 1.54) is 24.3 Å². The molecule has 0 heterocycles. The van der Waals surface area contributed by atoms with Gasteiger partial charge in [-0.25, -0.2) is 4.57 Å². The van der Waals surface area contributed by atoms with E-state index >= 15 is 0 Å². The van der Waals surface area contributed by atoms with Gasteiger partial charge in [0.15, 0.2) is 0 Å². The Morgan fingerprint density at radius 3 is 2.19 bits per heavy atom. The van der Waals surface area contributed by atoms with E-state index in [2.05, 4.69) is 0 Å². The van der Waals surface area contributed by atoms with Crippen LogP contribution in [-0.4, -0.2) is 18.1 Å². The molecule has 0 unspecified atom stereocenters. The summed E-state index contributed by atoms with van der Waals surface area (Å²) in [6, 6.07) is 5.42. The van der Waals surface area contributed by atoms with Crippen molar-refractivity contribution in [1.82, 2.24) is 0 Å². The van der Waals surface area contributed by atoms with Crippen LogP contribution in [0.4, 0.5) is 5.69 Å². The van der Waals surface area contributed by atoms with E-state index < -0.39 is 12.7 Å². The Hall–Kier alpha value is -1.40. The lowest BCUT2D eigenvalue weighted by molar-refractivity contribution is -0.384. The molecule has 0 aliphatic rings. The molecule has 7 nitrogen and oxygen atoms in total. The number of benzene rings is 1. The fourth-order valence-electron chi connectivity index (χ4n) is 1.41. The molecule has 0 bridgehead atoms. The molecule has 1 aromatic rings. The van der Waals surface area contributed by atoms with E-state index in [4.69, 9.17) is 25.2 Å². The summed E-state index contributed by atoms with van der Waals surface area (Å²) in [5.41, 5.74) is 1.40. The van der Waals surface area contributed by atoms with Crippen LogP contribution in [0.15, 0.2) is 29.8 Å². The van der Waals surface area contributed by atoms with Crippen molar-refractivity contribution in [3.05, 3.63) is 45.5 Å². The van der Waals surface area contributed by atoms with E-state index in [1.54, 1.807) is 13.8 Å². The van der Waals surface area contributed by atoms with Crippen molar-refractivity contribution in [3.63, 3.8) is 0 Å². The number of nitro groups is 1. The fraction of sp³-hybridized carbons (Fsp3) is 0.333. The Morgan fingerprint density at radius 1 is 1.29 bits per heavy atom. The maximum absolute atomic E-state index is 12.3. The second kappa shape index (κ2) is 8.14. The highest BCUT2D eigenvalue weighted by Crippen LogP contribution is 2.52. The smallest absolute Gasteiger partial charge is 0.402 e. The summed E-state index contributed by atoms with van der Waals surface area (Å²) in [4.78, 5) is 10.1. The quantitative estimate of drug-likeness (QED) is 0.304. The van der Waals surface area contributed by atoms with Gasteiger partial charge in [0.05, 0.1) is 18.1 Å². The molecular weight excluding hydrogens is 321 g/mol. The third-order valence-electron chi connectivity index (χ3n) is 2.25. The predicted octanol–water partition coefficient (Wildman–Crippen LogP) is 4.33. The van der Waals surface area contributed by atoms with Gasteiger partial charge in [-0.3, -0.25) is 19.2 Å². The molecule has 0 radical (unpaired) electrons. The third kappa shape index (κ3) is 5.13. The summed E-state index contributed by atoms with van der Waals surface area (Å²) in [6.07, 6.45) is 0. The molecule has 0 atom stereocenters. The summed E-state index contributed by atoms with van der Waals surface area (Å²) in [7, 11) is -3.77. The third-order valence-corrected chi connectivity index (χ3v) is 4.01. The highest BCUT2D eigenvalue weighted by molar-refractivity contribution is 7.48. The van der Waals surface area contributed by atoms with Gasteiger partial charge in [-0.15, -0.1) is 0 Å². The van der Waals surface area contributed by atoms with E-state index in [0.29, 0.717) is 5.56 Å². The number of nitro benzene ring substituents is 1. The first-order valence-corrected chi connectivity index (χ1v) is 7.99. The molecule has 9 heteroatoms. The van der Waals surface area contributed by atoms with Crippen LogP contribution < -0.4 is 0 Å². The van der Waals surface area contributed by atoms with Gasteiger partial charge in [0, 0.05) is 23.2 Å². The number of halogens is 1. The van der Waals surface area contributed by atoms with Gasteiger partial charge >= 0.3 is 7.82 Å². The molecule has 1 rings (SSSR count). The van der Waals surface area contributed by atoms with E-state index in [0.717, 1.165) is 5.54 Å². The van der Waals surface area contributed by atoms with Crippen molar-refractivity contribution >= 4 is 30.9 Å². The first-order chi connectivity index (χ1) is 9.95. The van der Waals surface area contributed by atoms with Gasteiger partial charge in [0.1, 0.15) is 5.76 Å². The lowest BCUT2D eigenvalue weighted by atomic mass is 10.2. The SMILES string of the molecule is CCOP(=O)(OCC)OC(=CCl)c1ccc([N+](=O)[O-])cc1. The molecule has 116 valence electrons. The fourth-order valence-corrected chi connectivity index (χ4v) is 2.85. The van der Waals surface area contributed by atoms with Crippen LogP contribution in [0.5, 0.6) is 0 Å². The molecule has 0 N–H and O–H groups in total. The number of rotatable bonds is 8. The molecular formula is C12H15ClNO6P. The number of hydrogen-bond donors (Lipinski definition) is 0. The Labute approximate surface area is 127 Å². The summed E-state index contributed by atoms with van der Waals surface area (Å²) in [5, 5.41) is 10.6. The first-order valence-electron chi connectivity index (χ1n) is 6.09. The highest BCUT2D eigenvalue weighted by atomic mass is 35.5. The van der Waals surface area contributed by atoms with Crippen molar-refractivity contribution in [2.75, 3.05) is 13.2 Å². The summed E-state index contributed by atoms with van der Waals surface area (Å²) < 4.78 is 27.5. The van der Waals surface area contributed by atoms with Gasteiger partial charge in [-0.1, -0.05) is 11.6 Å². The monoisotopic (exact) mass is 335 g/mol. The van der Waals surface area contributed by atoms with Crippen LogP contribution >= 0.6 is 19.4 Å². The molecule has 21 heavy (non-hydrogen) atoms. The minimum atomic E-state index is -3.77. The van der Waals surface area contributed by atoms with Crippen LogP contribution in [0, 0.1) is 10.1 Å². The molecule has 0 amide bonds. The van der Waals surface area contributed by atoms with Crippen molar-refractivity contribution in [2.24, 2.45) is 0 Å². The van der Waals surface area contributed by atoms with Crippen molar-refractivity contribution in [3.8, 4) is 0 Å². The molecule has 0 aliphatic heterocycles. The van der Waals surface area contributed by atoms with Crippen LogP contribution in [0.2, 0.25) is 0 Å². The van der Waals surface area contributed by atoms with Gasteiger partial charge in [-0.2, -0.15) is 0 Å². The Balaban J connectivity index is 2.97. The second-order valence-corrected chi connectivity index (χ2v) is 5.46. The van der Waals surface area contributed by atoms with Crippen LogP contribution in [0.25, 0.3) is 5.76 Å². The standard InChI is InChI=1S/C12H15ClNO6P/c1-3-18-21(17,19-4-2)20-12(9-13)10-5-7-11(8-6-10)14(15)16/h5-9H,3-4H2,1-2H3. The average Bonchev–Trinajstić information content (AvgIpc) is 2.45. The minimum absolute atomic E-state index is 0.0387. The Morgan fingerprint density at radius 2 is 1.81 bits per heavy atom. The summed E-state index contributed by atoms with van der Waals surface area (Å²) in [6.45, 7) is 3.55. The van der Waals surface area contributed by atoms with Gasteiger partial charge < -0.3 is 4.52 Å². The largest absolute Gasteiger partial charge is 0.530 e. The highest BCUT2D eigenvalue weighted by Gasteiger charge is 2.28. The summed E-state index contributed by atoms with van der Waals surface area (Å²) >= 11 is 5.66. The van der Waals surface area contributed by atoms with Crippen molar-refractivity contribution in [1.29, 1.82) is 0 Å². The maximum Gasteiger partial charge on any atom is 0.530 e. The number of nitrogens with zero attached hydrogens (tertiary/aromatic N) is 1. The van der Waals surface area contributed by atoms with Gasteiger partial charge in [-0.05, 0) is 26.0 Å². The number of hydrogen-bond acceptors (Lipinski definition) is 6. The minimum Gasteiger partial charge on any atom is -0.402 e. The first kappa shape index (κ1) is 17.7. The second-order valence-electron chi connectivity index (χ2n) is 3.65. The number of phosphoric ester groups is 1. The summed E-state index contributed by atoms with van der Waals surface area (Å²) in [5.74, 6) is 0.0387. The lowest BCUT2D eigenvalue weighted by Gasteiger charge is -2.18. The van der Waals surface area contributed by atoms with Crippen LogP contribution in [-0.2, 0) is 18.1 Å². The lowest BCUT2D eigenvalue weighted by Crippen LogP contribution is -2.00. The molecule has 0 spiro atoms. The van der Waals surface area contributed by atoms with Gasteiger partial charge in [0.2, 0.25) is 0 Å². The molecule has 0 saturated carbocycles. The maximum atomic E-state index is 12.3. The zero-order chi connectivity index (χ0) is 15.9. The average molecular weight is 336 g/mol. The Kier molecular flexibility index (Phi) is 6.84. The van der Waals surface area contributed by atoms with E-state index in [-0.39, 0.29) is 24.7 Å². The Bertz CT molecular complexity index is 549. The number of phosphoric acid groups is 1. The molecule has 0 aromatic heterocycles. The van der Waals surface area contributed by atoms with Crippen LogP contribution in [0.1, 0.15) is 19.4 Å². The van der Waals surface area contributed by atoms with E-state index in [1.807, 2.05) is 0 Å². The topological polar surface area (TPSA) is 87.9 Å². The molecule has 1 aromatic carbocycles. The predicted molar refractivity (Wildman–Crippen MR) is 78.9 cm³/mol. The van der Waals surface area contributed by atoms with Crippen molar-refractivity contribution < 1.29 is 23.1 Å². The zero-order valence-corrected chi connectivity index (χ0v) is 13.2. The molecule has 0 aliphatic carbocycles. The zero-order valence-electron chi connectivity index (χ0n) is 11.5. The molecule has 0 saturated heterocycles. The van der Waals surface area contributed by atoms with Gasteiger partial charge in [0.25, 0.3) is 5.69 Å². The molecule has 0 fully saturated rings. The number of non-ortho nitro benzene ring substituents is 1. The van der Waals surface area contributed by atoms with Crippen LogP contribution in [0.3, 0.4) is 0 Å². The van der Waals surface area contributed by atoms with Crippen molar-refractivity contribution in [2.45, 2.75) is 13.8 Å². The van der Waals surface area contributed by atoms with E-state index in [9.17, 15) is 14.7 Å². The normalized spacial score (nSPS) is 12.2.